The summed E-state index contributed by atoms with van der Waals surface area (Å²) < 4.78 is 5.24. The van der Waals surface area contributed by atoms with E-state index < -0.39 is 0 Å². The molecule has 1 aromatic carbocycles. The Labute approximate surface area is 148 Å². The van der Waals surface area contributed by atoms with Gasteiger partial charge in [0.05, 0.1) is 12.5 Å². The zero-order valence-corrected chi connectivity index (χ0v) is 14.8. The molecular formula is C20H24N4O. The molecule has 1 aliphatic rings. The topological polar surface area (TPSA) is 54.0 Å². The summed E-state index contributed by atoms with van der Waals surface area (Å²) in [5.74, 6) is 2.66. The van der Waals surface area contributed by atoms with Gasteiger partial charge < -0.3 is 14.6 Å². The van der Waals surface area contributed by atoms with Gasteiger partial charge in [-0.2, -0.15) is 0 Å². The smallest absolute Gasteiger partial charge is 0.143 e. The van der Waals surface area contributed by atoms with Crippen LogP contribution in [-0.2, 0) is 12.8 Å². The Bertz CT molecular complexity index is 856. The molecule has 0 amide bonds. The number of benzene rings is 1. The van der Waals surface area contributed by atoms with E-state index in [2.05, 4.69) is 45.1 Å². The Morgan fingerprint density at radius 2 is 2.08 bits per heavy atom. The van der Waals surface area contributed by atoms with Gasteiger partial charge in [-0.1, -0.05) is 19.1 Å². The van der Waals surface area contributed by atoms with Crippen LogP contribution in [-0.4, -0.2) is 35.2 Å². The predicted octanol–water partition coefficient (Wildman–Crippen LogP) is 3.60. The van der Waals surface area contributed by atoms with Gasteiger partial charge in [0.15, 0.2) is 0 Å². The molecule has 5 heteroatoms. The molecule has 130 valence electrons. The molecule has 2 aromatic heterocycles. The van der Waals surface area contributed by atoms with Gasteiger partial charge in [0.2, 0.25) is 0 Å². The summed E-state index contributed by atoms with van der Waals surface area (Å²) in [6, 6.07) is 8.43. The second-order valence-electron chi connectivity index (χ2n) is 6.74. The van der Waals surface area contributed by atoms with Gasteiger partial charge in [-0.15, -0.1) is 0 Å². The summed E-state index contributed by atoms with van der Waals surface area (Å²) in [5, 5.41) is 1.19. The molecule has 1 N–H and O–H groups in total. The number of hydrogen-bond acceptors (Lipinski definition) is 4. The molecule has 0 spiro atoms. The van der Waals surface area contributed by atoms with Crippen LogP contribution in [0.1, 0.15) is 24.5 Å². The van der Waals surface area contributed by atoms with Gasteiger partial charge in [-0.3, -0.25) is 0 Å². The first kappa shape index (κ1) is 15.9. The molecule has 4 rings (SSSR count). The molecule has 25 heavy (non-hydrogen) atoms. The molecule has 5 nitrogen and oxygen atoms in total. The maximum absolute atomic E-state index is 5.24. The Balaban J connectivity index is 1.51. The SMILES string of the molecule is CCc1c[nH]c2ncnc(N3CCC(Cc4ccc(OC)cc4)C3)c12. The average molecular weight is 336 g/mol. The van der Waals surface area contributed by atoms with E-state index in [1.807, 2.05) is 12.1 Å². The van der Waals surface area contributed by atoms with Crippen molar-refractivity contribution in [3.63, 3.8) is 0 Å². The highest BCUT2D eigenvalue weighted by atomic mass is 16.5. The lowest BCUT2D eigenvalue weighted by Gasteiger charge is -2.19. The average Bonchev–Trinajstić information content (AvgIpc) is 3.29. The summed E-state index contributed by atoms with van der Waals surface area (Å²) in [6.45, 7) is 4.28. The molecule has 0 bridgehead atoms. The minimum Gasteiger partial charge on any atom is -0.497 e. The normalized spacial score (nSPS) is 17.4. The van der Waals surface area contributed by atoms with Crippen LogP contribution in [0.15, 0.2) is 36.8 Å². The maximum Gasteiger partial charge on any atom is 0.143 e. The number of anilines is 1. The number of fused-ring (bicyclic) bond motifs is 1. The number of methoxy groups -OCH3 is 1. The van der Waals surface area contributed by atoms with Crippen LogP contribution >= 0.6 is 0 Å². The highest BCUT2D eigenvalue weighted by molar-refractivity contribution is 5.90. The van der Waals surface area contributed by atoms with E-state index in [9.17, 15) is 0 Å². The molecule has 1 atom stereocenters. The van der Waals surface area contributed by atoms with Crippen molar-refractivity contribution in [1.82, 2.24) is 15.0 Å². The second kappa shape index (κ2) is 6.75. The highest BCUT2D eigenvalue weighted by Crippen LogP contribution is 2.31. The quantitative estimate of drug-likeness (QED) is 0.773. The summed E-state index contributed by atoms with van der Waals surface area (Å²) in [7, 11) is 1.71. The Hall–Kier alpha value is -2.56. The van der Waals surface area contributed by atoms with Crippen molar-refractivity contribution in [2.45, 2.75) is 26.2 Å². The first-order chi connectivity index (χ1) is 12.3. The largest absolute Gasteiger partial charge is 0.497 e. The molecule has 0 aliphatic carbocycles. The first-order valence-corrected chi connectivity index (χ1v) is 8.97. The third-order valence-electron chi connectivity index (χ3n) is 5.18. The van der Waals surface area contributed by atoms with E-state index in [0.717, 1.165) is 43.1 Å². The van der Waals surface area contributed by atoms with Crippen LogP contribution in [0.5, 0.6) is 5.75 Å². The van der Waals surface area contributed by atoms with Gasteiger partial charge in [0, 0.05) is 19.3 Å². The van der Waals surface area contributed by atoms with Crippen LogP contribution in [0.3, 0.4) is 0 Å². The van der Waals surface area contributed by atoms with E-state index in [1.54, 1.807) is 13.4 Å². The molecule has 3 aromatic rings. The van der Waals surface area contributed by atoms with Crippen LogP contribution in [0.4, 0.5) is 5.82 Å². The standard InChI is InChI=1S/C20H24N4O/c1-3-16-11-21-19-18(16)20(23-13-22-19)24-9-8-15(12-24)10-14-4-6-17(25-2)7-5-14/h4-7,11,13,15H,3,8-10,12H2,1-2H3,(H,21,22,23). The number of aryl methyl sites for hydroxylation is 1. The van der Waals surface area contributed by atoms with Crippen molar-refractivity contribution in [2.75, 3.05) is 25.1 Å². The number of hydrogen-bond donors (Lipinski definition) is 1. The zero-order valence-electron chi connectivity index (χ0n) is 14.8. The number of H-pyrrole nitrogens is 1. The second-order valence-corrected chi connectivity index (χ2v) is 6.74. The van der Waals surface area contributed by atoms with Crippen molar-refractivity contribution in [1.29, 1.82) is 0 Å². The van der Waals surface area contributed by atoms with Gasteiger partial charge in [-0.25, -0.2) is 9.97 Å². The molecular weight excluding hydrogens is 312 g/mol. The highest BCUT2D eigenvalue weighted by Gasteiger charge is 2.26. The number of rotatable bonds is 5. The summed E-state index contributed by atoms with van der Waals surface area (Å²) in [4.78, 5) is 14.7. The van der Waals surface area contributed by atoms with Gasteiger partial charge in [0.25, 0.3) is 0 Å². The predicted molar refractivity (Wildman–Crippen MR) is 100 cm³/mol. The number of aromatic amines is 1. The Kier molecular flexibility index (Phi) is 4.30. The zero-order chi connectivity index (χ0) is 17.2. The number of aromatic nitrogens is 3. The monoisotopic (exact) mass is 336 g/mol. The van der Waals surface area contributed by atoms with Gasteiger partial charge in [0.1, 0.15) is 23.5 Å². The van der Waals surface area contributed by atoms with Crippen LogP contribution in [0.2, 0.25) is 0 Å². The number of nitrogens with one attached hydrogen (secondary N) is 1. The lowest BCUT2D eigenvalue weighted by molar-refractivity contribution is 0.414. The fourth-order valence-electron chi connectivity index (χ4n) is 3.81. The molecule has 1 fully saturated rings. The third-order valence-corrected chi connectivity index (χ3v) is 5.18. The van der Waals surface area contributed by atoms with Crippen molar-refractivity contribution >= 4 is 16.9 Å². The summed E-state index contributed by atoms with van der Waals surface area (Å²) in [5.41, 5.74) is 3.61. The Morgan fingerprint density at radius 1 is 1.24 bits per heavy atom. The number of ether oxygens (including phenoxy) is 1. The first-order valence-electron chi connectivity index (χ1n) is 8.97. The minimum absolute atomic E-state index is 0.655. The molecule has 0 radical (unpaired) electrons. The lowest BCUT2D eigenvalue weighted by Crippen LogP contribution is -2.21. The fraction of sp³-hybridized carbons (Fsp3) is 0.400. The Morgan fingerprint density at radius 3 is 2.84 bits per heavy atom. The van der Waals surface area contributed by atoms with Crippen LogP contribution < -0.4 is 9.64 Å². The van der Waals surface area contributed by atoms with Crippen LogP contribution in [0, 0.1) is 5.92 Å². The van der Waals surface area contributed by atoms with Crippen molar-refractivity contribution in [3.05, 3.63) is 47.9 Å². The van der Waals surface area contributed by atoms with E-state index in [4.69, 9.17) is 4.74 Å². The van der Waals surface area contributed by atoms with Crippen molar-refractivity contribution in [2.24, 2.45) is 5.92 Å². The molecule has 1 aliphatic heterocycles. The van der Waals surface area contributed by atoms with Gasteiger partial charge in [-0.05, 0) is 48.4 Å². The molecule has 1 unspecified atom stereocenters. The van der Waals surface area contributed by atoms with Gasteiger partial charge >= 0.3 is 0 Å². The molecule has 1 saturated heterocycles. The molecule has 3 heterocycles. The maximum atomic E-state index is 5.24. The lowest BCUT2D eigenvalue weighted by atomic mass is 9.99. The van der Waals surface area contributed by atoms with Crippen LogP contribution in [0.25, 0.3) is 11.0 Å². The fourth-order valence-corrected chi connectivity index (χ4v) is 3.81. The summed E-state index contributed by atoms with van der Waals surface area (Å²) in [6.07, 6.45) is 7.02. The summed E-state index contributed by atoms with van der Waals surface area (Å²) >= 11 is 0. The number of nitrogens with zero attached hydrogens (tertiary/aromatic N) is 3. The van der Waals surface area contributed by atoms with E-state index >= 15 is 0 Å². The minimum atomic E-state index is 0.655. The van der Waals surface area contributed by atoms with Crippen molar-refractivity contribution in [3.8, 4) is 5.75 Å². The third kappa shape index (κ3) is 3.06. The van der Waals surface area contributed by atoms with E-state index in [1.165, 1.54) is 22.9 Å². The molecule has 0 saturated carbocycles. The van der Waals surface area contributed by atoms with Crippen molar-refractivity contribution < 1.29 is 4.74 Å². The van der Waals surface area contributed by atoms with E-state index in [0.29, 0.717) is 5.92 Å². The van der Waals surface area contributed by atoms with E-state index in [-0.39, 0.29) is 0 Å².